The fourth-order valence-corrected chi connectivity index (χ4v) is 2.63. The third-order valence-electron chi connectivity index (χ3n) is 4.05. The van der Waals surface area contributed by atoms with Gasteiger partial charge in [-0.15, -0.1) is 0 Å². The van der Waals surface area contributed by atoms with E-state index in [9.17, 15) is 4.79 Å². The fourth-order valence-electron chi connectivity index (χ4n) is 2.63. The normalized spacial score (nSPS) is 23.9. The molecule has 20 heavy (non-hydrogen) atoms. The summed E-state index contributed by atoms with van der Waals surface area (Å²) in [6.07, 6.45) is 4.57. The van der Waals surface area contributed by atoms with Crippen LogP contribution in [0.5, 0.6) is 0 Å². The largest absolute Gasteiger partial charge is 0.335 e. The average molecular weight is 275 g/mol. The van der Waals surface area contributed by atoms with Gasteiger partial charge in [0.1, 0.15) is 0 Å². The van der Waals surface area contributed by atoms with E-state index < -0.39 is 0 Å². The van der Waals surface area contributed by atoms with Gasteiger partial charge in [0.2, 0.25) is 0 Å². The third kappa shape index (κ3) is 4.23. The first-order valence-corrected chi connectivity index (χ1v) is 7.47. The predicted molar refractivity (Wildman–Crippen MR) is 82.6 cm³/mol. The number of benzene rings is 1. The quantitative estimate of drug-likeness (QED) is 0.791. The number of hydrogen-bond acceptors (Lipinski definition) is 2. The Kier molecular flexibility index (Phi) is 5.01. The third-order valence-corrected chi connectivity index (χ3v) is 4.05. The number of nitrogens with two attached hydrogens (primary N) is 1. The molecule has 1 saturated carbocycles. The first-order valence-electron chi connectivity index (χ1n) is 7.47. The van der Waals surface area contributed by atoms with Crippen LogP contribution >= 0.6 is 0 Å². The van der Waals surface area contributed by atoms with Crippen LogP contribution in [0.25, 0.3) is 0 Å². The van der Waals surface area contributed by atoms with Gasteiger partial charge >= 0.3 is 6.03 Å². The van der Waals surface area contributed by atoms with Crippen molar-refractivity contribution in [2.24, 2.45) is 11.7 Å². The first-order chi connectivity index (χ1) is 9.54. The topological polar surface area (TPSA) is 67.2 Å². The summed E-state index contributed by atoms with van der Waals surface area (Å²) in [7, 11) is 0. The van der Waals surface area contributed by atoms with Gasteiger partial charge in [-0.05, 0) is 56.2 Å². The van der Waals surface area contributed by atoms with Crippen molar-refractivity contribution in [3.05, 3.63) is 29.8 Å². The maximum absolute atomic E-state index is 11.9. The molecule has 0 bridgehead atoms. The number of urea groups is 1. The molecule has 0 saturated heterocycles. The lowest BCUT2D eigenvalue weighted by Gasteiger charge is -2.26. The summed E-state index contributed by atoms with van der Waals surface area (Å²) in [4.78, 5) is 11.9. The Bertz CT molecular complexity index is 434. The number of carbonyl (C=O) groups is 1. The van der Waals surface area contributed by atoms with Gasteiger partial charge in [-0.3, -0.25) is 0 Å². The van der Waals surface area contributed by atoms with Crippen LogP contribution in [0.4, 0.5) is 10.5 Å². The van der Waals surface area contributed by atoms with Crippen molar-refractivity contribution in [3.8, 4) is 0 Å². The highest BCUT2D eigenvalue weighted by Crippen LogP contribution is 2.23. The molecule has 2 amide bonds. The van der Waals surface area contributed by atoms with E-state index in [1.54, 1.807) is 0 Å². The second-order valence-corrected chi connectivity index (χ2v) is 5.97. The molecular weight excluding hydrogens is 250 g/mol. The van der Waals surface area contributed by atoms with Crippen molar-refractivity contribution in [2.75, 3.05) is 5.32 Å². The summed E-state index contributed by atoms with van der Waals surface area (Å²) in [5.74, 6) is 0.793. The van der Waals surface area contributed by atoms with Gasteiger partial charge in [0.15, 0.2) is 0 Å². The zero-order valence-electron chi connectivity index (χ0n) is 12.4. The lowest BCUT2D eigenvalue weighted by molar-refractivity contribution is 0.239. The van der Waals surface area contributed by atoms with Gasteiger partial charge in [-0.2, -0.15) is 0 Å². The molecule has 1 aromatic carbocycles. The minimum Gasteiger partial charge on any atom is -0.335 e. The first kappa shape index (κ1) is 14.9. The summed E-state index contributed by atoms with van der Waals surface area (Å²) < 4.78 is 0. The second-order valence-electron chi connectivity index (χ2n) is 5.97. The predicted octanol–water partition coefficient (Wildman–Crippen LogP) is 3.41. The Morgan fingerprint density at radius 2 is 1.80 bits per heavy atom. The molecule has 1 atom stereocenters. The molecule has 4 N–H and O–H groups in total. The standard InChI is InChI=1S/C16H25N3O/c1-11-3-7-14(8-4-11)18-16(20)19-15-9-5-13(6-10-15)12(2)17/h5-6,9-12,14H,3-4,7-8,17H2,1-2H3,(H2,18,19,20). The van der Waals surface area contributed by atoms with Gasteiger partial charge in [-0.25, -0.2) is 4.79 Å². The number of carbonyl (C=O) groups excluding carboxylic acids is 1. The maximum atomic E-state index is 11.9. The molecule has 1 aromatic rings. The second kappa shape index (κ2) is 6.75. The van der Waals surface area contributed by atoms with Gasteiger partial charge in [0.05, 0.1) is 0 Å². The monoisotopic (exact) mass is 275 g/mol. The molecule has 2 rings (SSSR count). The van der Waals surface area contributed by atoms with E-state index in [0.29, 0.717) is 6.04 Å². The highest BCUT2D eigenvalue weighted by atomic mass is 16.2. The van der Waals surface area contributed by atoms with Crippen LogP contribution in [-0.2, 0) is 0 Å². The van der Waals surface area contributed by atoms with Crippen molar-refractivity contribution < 1.29 is 4.79 Å². The molecule has 0 radical (unpaired) electrons. The van der Waals surface area contributed by atoms with Crippen LogP contribution < -0.4 is 16.4 Å². The van der Waals surface area contributed by atoms with Gasteiger partial charge in [0.25, 0.3) is 0 Å². The molecule has 0 aliphatic heterocycles. The Balaban J connectivity index is 1.82. The summed E-state index contributed by atoms with van der Waals surface area (Å²) in [5, 5.41) is 5.93. The molecule has 1 unspecified atom stereocenters. The molecule has 4 nitrogen and oxygen atoms in total. The minimum absolute atomic E-state index is 0.0158. The van der Waals surface area contributed by atoms with Crippen LogP contribution in [0.2, 0.25) is 0 Å². The lowest BCUT2D eigenvalue weighted by Crippen LogP contribution is -2.39. The summed E-state index contributed by atoms with van der Waals surface area (Å²) in [6.45, 7) is 4.22. The van der Waals surface area contributed by atoms with Crippen LogP contribution in [0.3, 0.4) is 0 Å². The van der Waals surface area contributed by atoms with Crippen molar-refractivity contribution in [1.82, 2.24) is 5.32 Å². The van der Waals surface area contributed by atoms with Crippen molar-refractivity contribution in [1.29, 1.82) is 0 Å². The Hall–Kier alpha value is -1.55. The summed E-state index contributed by atoms with van der Waals surface area (Å²) in [6, 6.07) is 7.89. The molecule has 1 aliphatic rings. The van der Waals surface area contributed by atoms with Crippen molar-refractivity contribution in [2.45, 2.75) is 51.6 Å². The molecule has 0 heterocycles. The van der Waals surface area contributed by atoms with E-state index in [4.69, 9.17) is 5.73 Å². The van der Waals surface area contributed by atoms with Gasteiger partial charge in [0, 0.05) is 17.8 Å². The van der Waals surface area contributed by atoms with Crippen LogP contribution in [-0.4, -0.2) is 12.1 Å². The lowest BCUT2D eigenvalue weighted by atomic mass is 9.87. The van der Waals surface area contributed by atoms with E-state index >= 15 is 0 Å². The van der Waals surface area contributed by atoms with E-state index in [1.807, 2.05) is 31.2 Å². The number of amides is 2. The van der Waals surface area contributed by atoms with Crippen molar-refractivity contribution in [3.63, 3.8) is 0 Å². The SMILES string of the molecule is CC1CCC(NC(=O)Nc2ccc(C(C)N)cc2)CC1. The fraction of sp³-hybridized carbons (Fsp3) is 0.562. The van der Waals surface area contributed by atoms with Crippen LogP contribution in [0.15, 0.2) is 24.3 Å². The summed E-state index contributed by atoms with van der Waals surface area (Å²) >= 11 is 0. The summed E-state index contributed by atoms with van der Waals surface area (Å²) in [5.41, 5.74) is 7.67. The van der Waals surface area contributed by atoms with Crippen LogP contribution in [0.1, 0.15) is 51.1 Å². The molecule has 1 aliphatic carbocycles. The Labute approximate surface area is 121 Å². The number of nitrogens with one attached hydrogen (secondary N) is 2. The molecule has 0 spiro atoms. The molecule has 0 aromatic heterocycles. The zero-order chi connectivity index (χ0) is 14.5. The average Bonchev–Trinajstić information content (AvgIpc) is 2.42. The molecule has 110 valence electrons. The number of hydrogen-bond donors (Lipinski definition) is 3. The number of rotatable bonds is 3. The van der Waals surface area contributed by atoms with E-state index in [-0.39, 0.29) is 12.1 Å². The number of anilines is 1. The molecule has 4 heteroatoms. The van der Waals surface area contributed by atoms with Gasteiger partial charge < -0.3 is 16.4 Å². The van der Waals surface area contributed by atoms with Crippen molar-refractivity contribution >= 4 is 11.7 Å². The van der Waals surface area contributed by atoms with E-state index in [0.717, 1.165) is 30.0 Å². The maximum Gasteiger partial charge on any atom is 0.319 e. The highest BCUT2D eigenvalue weighted by Gasteiger charge is 2.19. The van der Waals surface area contributed by atoms with Crippen LogP contribution in [0, 0.1) is 5.92 Å². The smallest absolute Gasteiger partial charge is 0.319 e. The highest BCUT2D eigenvalue weighted by molar-refractivity contribution is 5.89. The minimum atomic E-state index is -0.113. The van der Waals surface area contributed by atoms with Gasteiger partial charge in [-0.1, -0.05) is 19.1 Å². The Morgan fingerprint density at radius 3 is 2.35 bits per heavy atom. The molecule has 1 fully saturated rings. The molecular formula is C16H25N3O. The Morgan fingerprint density at radius 1 is 1.20 bits per heavy atom. The van der Waals surface area contributed by atoms with E-state index in [1.165, 1.54) is 12.8 Å². The van der Waals surface area contributed by atoms with E-state index in [2.05, 4.69) is 17.6 Å². The zero-order valence-corrected chi connectivity index (χ0v) is 12.4.